The first-order chi connectivity index (χ1) is 8.09. The Morgan fingerprint density at radius 1 is 0.833 bits per heavy atom. The molecule has 0 spiro atoms. The maximum absolute atomic E-state index is 13.1. The highest BCUT2D eigenvalue weighted by atomic mass is 32.2. The second kappa shape index (κ2) is 4.71. The van der Waals surface area contributed by atoms with E-state index in [0.29, 0.717) is 0 Å². The smallest absolute Gasteiger partial charge is 0.235 e. The molecule has 0 heterocycles. The van der Waals surface area contributed by atoms with Crippen molar-refractivity contribution in [1.29, 1.82) is 0 Å². The Labute approximate surface area is 99.7 Å². The van der Waals surface area contributed by atoms with Crippen LogP contribution in [0.5, 0.6) is 0 Å². The molecule has 1 aromatic carbocycles. The Kier molecular flexibility index (Phi) is 3.84. The summed E-state index contributed by atoms with van der Waals surface area (Å²) in [6.07, 6.45) is 0. The summed E-state index contributed by atoms with van der Waals surface area (Å²) in [5.41, 5.74) is -1.58. The van der Waals surface area contributed by atoms with E-state index in [1.807, 2.05) is 0 Å². The minimum Gasteiger partial charge on any atom is -0.277 e. The van der Waals surface area contributed by atoms with Crippen LogP contribution in [0.1, 0.15) is 13.8 Å². The molecule has 0 aromatic heterocycles. The molecule has 102 valence electrons. The van der Waals surface area contributed by atoms with Gasteiger partial charge in [0.2, 0.25) is 15.8 Å². The minimum atomic E-state index is -4.23. The highest BCUT2D eigenvalue weighted by molar-refractivity contribution is 7.93. The Hall–Kier alpha value is -1.38. The lowest BCUT2D eigenvalue weighted by atomic mass is 10.2. The van der Waals surface area contributed by atoms with Crippen molar-refractivity contribution in [3.05, 3.63) is 29.1 Å². The number of hydrogen-bond donors (Lipinski definition) is 1. The van der Waals surface area contributed by atoms with Gasteiger partial charge in [-0.25, -0.2) is 30.4 Å². The molecule has 0 unspecified atom stereocenters. The van der Waals surface area contributed by atoms with Crippen LogP contribution >= 0.6 is 0 Å². The molecule has 0 aliphatic carbocycles. The average molecular weight is 289 g/mol. The van der Waals surface area contributed by atoms with E-state index < -0.39 is 50.0 Å². The van der Waals surface area contributed by atoms with Gasteiger partial charge in [-0.2, -0.15) is 0 Å². The fourth-order valence-electron chi connectivity index (χ4n) is 0.955. The van der Waals surface area contributed by atoms with E-state index in [0.717, 1.165) is 0 Å². The summed E-state index contributed by atoms with van der Waals surface area (Å²) < 4.78 is 88.5. The lowest BCUT2D eigenvalue weighted by molar-refractivity contribution is 0.382. The number of halogens is 5. The molecular formula is C9H8F5NO2S. The zero-order valence-corrected chi connectivity index (χ0v) is 10.0. The summed E-state index contributed by atoms with van der Waals surface area (Å²) >= 11 is 0. The Balaban J connectivity index is 3.45. The zero-order chi connectivity index (χ0) is 14.2. The van der Waals surface area contributed by atoms with Gasteiger partial charge in [-0.15, -0.1) is 0 Å². The van der Waals surface area contributed by atoms with Gasteiger partial charge in [0, 0.05) is 0 Å². The molecule has 0 aliphatic rings. The van der Waals surface area contributed by atoms with Gasteiger partial charge in [0.1, 0.15) is 5.69 Å². The number of nitrogens with one attached hydrogen (secondary N) is 1. The van der Waals surface area contributed by atoms with Crippen molar-refractivity contribution in [3.63, 3.8) is 0 Å². The molecule has 0 saturated heterocycles. The molecule has 0 radical (unpaired) electrons. The first kappa shape index (κ1) is 14.7. The van der Waals surface area contributed by atoms with Gasteiger partial charge in [-0.05, 0) is 13.8 Å². The van der Waals surface area contributed by atoms with Gasteiger partial charge >= 0.3 is 0 Å². The predicted molar refractivity (Wildman–Crippen MR) is 53.9 cm³/mol. The van der Waals surface area contributed by atoms with Gasteiger partial charge < -0.3 is 0 Å². The largest absolute Gasteiger partial charge is 0.277 e. The Bertz CT molecular complexity index is 556. The first-order valence-corrected chi connectivity index (χ1v) is 6.17. The number of hydrogen-bond acceptors (Lipinski definition) is 2. The maximum atomic E-state index is 13.1. The highest BCUT2D eigenvalue weighted by Gasteiger charge is 2.29. The number of rotatable bonds is 3. The topological polar surface area (TPSA) is 46.2 Å². The highest BCUT2D eigenvalue weighted by Crippen LogP contribution is 2.28. The van der Waals surface area contributed by atoms with Crippen molar-refractivity contribution in [2.24, 2.45) is 0 Å². The lowest BCUT2D eigenvalue weighted by Crippen LogP contribution is -2.24. The molecule has 0 fully saturated rings. The fourth-order valence-corrected chi connectivity index (χ4v) is 1.65. The van der Waals surface area contributed by atoms with Crippen molar-refractivity contribution in [3.8, 4) is 0 Å². The van der Waals surface area contributed by atoms with Gasteiger partial charge in [-0.3, -0.25) is 4.72 Å². The summed E-state index contributed by atoms with van der Waals surface area (Å²) in [5, 5.41) is -1.10. The normalized spacial score (nSPS) is 12.0. The molecule has 0 atom stereocenters. The molecule has 1 N–H and O–H groups in total. The van der Waals surface area contributed by atoms with E-state index in [1.165, 1.54) is 18.6 Å². The zero-order valence-electron chi connectivity index (χ0n) is 9.19. The number of anilines is 1. The fraction of sp³-hybridized carbons (Fsp3) is 0.333. The Morgan fingerprint density at radius 2 is 1.17 bits per heavy atom. The summed E-state index contributed by atoms with van der Waals surface area (Å²) in [5.74, 6) is -11.2. The van der Waals surface area contributed by atoms with E-state index in [4.69, 9.17) is 0 Å². The molecule has 1 aromatic rings. The van der Waals surface area contributed by atoms with Crippen LogP contribution < -0.4 is 4.72 Å². The monoisotopic (exact) mass is 289 g/mol. The molecular weight excluding hydrogens is 281 g/mol. The molecule has 1 rings (SSSR count). The van der Waals surface area contributed by atoms with Crippen LogP contribution in [0, 0.1) is 29.1 Å². The standard InChI is InChI=1S/C9H8F5NO2S/c1-3(2)18(16,17)15-9-7(13)5(11)4(10)6(12)8(9)14/h3,15H,1-2H3. The third-order valence-electron chi connectivity index (χ3n) is 2.07. The second-order valence-electron chi connectivity index (χ2n) is 3.64. The van der Waals surface area contributed by atoms with E-state index >= 15 is 0 Å². The van der Waals surface area contributed by atoms with Crippen LogP contribution in [-0.2, 0) is 10.0 Å². The maximum Gasteiger partial charge on any atom is 0.235 e. The molecule has 0 saturated carbocycles. The summed E-state index contributed by atoms with van der Waals surface area (Å²) in [4.78, 5) is 0. The lowest BCUT2D eigenvalue weighted by Gasteiger charge is -2.13. The van der Waals surface area contributed by atoms with Crippen molar-refractivity contribution >= 4 is 15.7 Å². The van der Waals surface area contributed by atoms with Gasteiger partial charge in [0.15, 0.2) is 23.3 Å². The Morgan fingerprint density at radius 3 is 1.50 bits per heavy atom. The van der Waals surface area contributed by atoms with Gasteiger partial charge in [0.25, 0.3) is 0 Å². The molecule has 3 nitrogen and oxygen atoms in total. The first-order valence-electron chi connectivity index (χ1n) is 4.62. The summed E-state index contributed by atoms with van der Waals surface area (Å²) in [7, 11) is -4.23. The summed E-state index contributed by atoms with van der Waals surface area (Å²) in [6.45, 7) is 2.35. The van der Waals surface area contributed by atoms with Crippen molar-refractivity contribution in [2.75, 3.05) is 4.72 Å². The van der Waals surface area contributed by atoms with Crippen LogP contribution in [0.3, 0.4) is 0 Å². The van der Waals surface area contributed by atoms with Crippen molar-refractivity contribution in [1.82, 2.24) is 0 Å². The SMILES string of the molecule is CC(C)S(=O)(=O)Nc1c(F)c(F)c(F)c(F)c1F. The molecule has 9 heteroatoms. The number of benzene rings is 1. The molecule has 18 heavy (non-hydrogen) atoms. The predicted octanol–water partition coefficient (Wildman–Crippen LogP) is 2.53. The van der Waals surface area contributed by atoms with Crippen LogP contribution in [0.25, 0.3) is 0 Å². The van der Waals surface area contributed by atoms with Crippen LogP contribution in [0.15, 0.2) is 0 Å². The third kappa shape index (κ3) is 2.40. The van der Waals surface area contributed by atoms with E-state index in [-0.39, 0.29) is 0 Å². The molecule has 0 aliphatic heterocycles. The quantitative estimate of drug-likeness (QED) is 0.528. The average Bonchev–Trinajstić information content (AvgIpc) is 2.29. The molecule has 0 amide bonds. The van der Waals surface area contributed by atoms with E-state index in [9.17, 15) is 30.4 Å². The minimum absolute atomic E-state index is 1.10. The number of sulfonamides is 1. The van der Waals surface area contributed by atoms with Crippen molar-refractivity contribution in [2.45, 2.75) is 19.1 Å². The van der Waals surface area contributed by atoms with Gasteiger partial charge in [0.05, 0.1) is 5.25 Å². The van der Waals surface area contributed by atoms with Gasteiger partial charge in [-0.1, -0.05) is 0 Å². The van der Waals surface area contributed by atoms with E-state index in [2.05, 4.69) is 0 Å². The van der Waals surface area contributed by atoms with Crippen LogP contribution in [-0.4, -0.2) is 13.7 Å². The van der Waals surface area contributed by atoms with Crippen LogP contribution in [0.4, 0.5) is 27.6 Å². The summed E-state index contributed by atoms with van der Waals surface area (Å²) in [6, 6.07) is 0. The second-order valence-corrected chi connectivity index (χ2v) is 5.88. The van der Waals surface area contributed by atoms with E-state index in [1.54, 1.807) is 0 Å². The van der Waals surface area contributed by atoms with Crippen molar-refractivity contribution < 1.29 is 30.4 Å². The van der Waals surface area contributed by atoms with Crippen LogP contribution in [0.2, 0.25) is 0 Å². The third-order valence-corrected chi connectivity index (χ3v) is 3.80. The molecule has 0 bridgehead atoms.